The van der Waals surface area contributed by atoms with Gasteiger partial charge in [-0.2, -0.15) is 0 Å². The lowest BCUT2D eigenvalue weighted by Gasteiger charge is -2.18. The minimum atomic E-state index is -0.669. The van der Waals surface area contributed by atoms with E-state index in [4.69, 9.17) is 10.5 Å². The van der Waals surface area contributed by atoms with Gasteiger partial charge in [0.1, 0.15) is 5.75 Å². The third-order valence-corrected chi connectivity index (χ3v) is 2.04. The van der Waals surface area contributed by atoms with Crippen molar-refractivity contribution in [2.75, 3.05) is 6.61 Å². The Bertz CT molecular complexity index is 292. The number of hydrogen-bond donors (Lipinski definition) is 2. The summed E-state index contributed by atoms with van der Waals surface area (Å²) >= 11 is 0. The predicted octanol–water partition coefficient (Wildman–Crippen LogP) is 1.89. The van der Waals surface area contributed by atoms with Crippen molar-refractivity contribution in [3.8, 4) is 5.75 Å². The van der Waals surface area contributed by atoms with Crippen molar-refractivity contribution in [1.82, 2.24) is 0 Å². The number of rotatable bonds is 4. The molecule has 1 aromatic rings. The zero-order valence-corrected chi connectivity index (χ0v) is 9.83. The zero-order valence-electron chi connectivity index (χ0n) is 9.01. The van der Waals surface area contributed by atoms with Crippen molar-refractivity contribution in [1.29, 1.82) is 0 Å². The van der Waals surface area contributed by atoms with Crippen LogP contribution in [0.15, 0.2) is 24.3 Å². The summed E-state index contributed by atoms with van der Waals surface area (Å²) in [4.78, 5) is 0. The van der Waals surface area contributed by atoms with Gasteiger partial charge in [-0.15, -0.1) is 12.4 Å². The van der Waals surface area contributed by atoms with Gasteiger partial charge in [0.2, 0.25) is 0 Å². The summed E-state index contributed by atoms with van der Waals surface area (Å²) in [5.41, 5.74) is 6.38. The fourth-order valence-electron chi connectivity index (χ4n) is 1.30. The van der Waals surface area contributed by atoms with E-state index in [1.807, 2.05) is 31.2 Å². The van der Waals surface area contributed by atoms with E-state index in [9.17, 15) is 5.11 Å². The zero-order chi connectivity index (χ0) is 10.6. The van der Waals surface area contributed by atoms with Gasteiger partial charge in [0, 0.05) is 11.6 Å². The Morgan fingerprint density at radius 3 is 2.53 bits per heavy atom. The molecular weight excluding hydrogens is 214 g/mol. The highest BCUT2D eigenvalue weighted by Gasteiger charge is 2.16. The Hall–Kier alpha value is -0.770. The van der Waals surface area contributed by atoms with Crippen LogP contribution in [0.2, 0.25) is 0 Å². The van der Waals surface area contributed by atoms with Crippen LogP contribution < -0.4 is 10.5 Å². The van der Waals surface area contributed by atoms with E-state index in [1.165, 1.54) is 0 Å². The van der Waals surface area contributed by atoms with Crippen LogP contribution in [0.3, 0.4) is 0 Å². The second-order valence-corrected chi connectivity index (χ2v) is 3.27. The Morgan fingerprint density at radius 2 is 2.00 bits per heavy atom. The van der Waals surface area contributed by atoms with Crippen LogP contribution in [0.5, 0.6) is 5.75 Å². The lowest BCUT2D eigenvalue weighted by atomic mass is 10.0. The maximum atomic E-state index is 9.80. The number of halogens is 1. The average molecular weight is 232 g/mol. The maximum absolute atomic E-state index is 9.80. The molecule has 3 N–H and O–H groups in total. The number of nitrogens with two attached hydrogens (primary N) is 1. The highest BCUT2D eigenvalue weighted by Crippen LogP contribution is 2.26. The number of para-hydroxylation sites is 1. The molecule has 0 saturated heterocycles. The summed E-state index contributed by atoms with van der Waals surface area (Å²) in [5.74, 6) is 0.708. The topological polar surface area (TPSA) is 55.5 Å². The van der Waals surface area contributed by atoms with Gasteiger partial charge in [0.05, 0.1) is 12.7 Å². The molecule has 1 rings (SSSR count). The first-order valence-corrected chi connectivity index (χ1v) is 4.82. The third-order valence-electron chi connectivity index (χ3n) is 2.04. The molecule has 0 amide bonds. The van der Waals surface area contributed by atoms with Gasteiger partial charge in [-0.3, -0.25) is 0 Å². The largest absolute Gasteiger partial charge is 0.493 e. The first-order valence-electron chi connectivity index (χ1n) is 4.82. The fraction of sp³-hybridized carbons (Fsp3) is 0.455. The molecule has 2 atom stereocenters. The SMILES string of the molecule is CCOc1ccccc1C(O)C(C)N.Cl. The molecule has 0 saturated carbocycles. The van der Waals surface area contributed by atoms with E-state index >= 15 is 0 Å². The molecule has 3 nitrogen and oxygen atoms in total. The lowest BCUT2D eigenvalue weighted by molar-refractivity contribution is 0.148. The number of hydrogen-bond acceptors (Lipinski definition) is 3. The number of benzene rings is 1. The van der Waals surface area contributed by atoms with Crippen molar-refractivity contribution < 1.29 is 9.84 Å². The molecule has 0 aliphatic heterocycles. The van der Waals surface area contributed by atoms with E-state index in [0.717, 1.165) is 5.56 Å². The van der Waals surface area contributed by atoms with Crippen molar-refractivity contribution in [2.45, 2.75) is 26.0 Å². The van der Waals surface area contributed by atoms with Gasteiger partial charge in [0.15, 0.2) is 0 Å². The van der Waals surface area contributed by atoms with Gasteiger partial charge in [0.25, 0.3) is 0 Å². The van der Waals surface area contributed by atoms with Crippen LogP contribution in [-0.2, 0) is 0 Å². The Labute approximate surface area is 96.7 Å². The molecule has 15 heavy (non-hydrogen) atoms. The molecule has 0 bridgehead atoms. The van der Waals surface area contributed by atoms with Crippen molar-refractivity contribution in [3.05, 3.63) is 29.8 Å². The molecule has 0 heterocycles. The summed E-state index contributed by atoms with van der Waals surface area (Å²) in [5, 5.41) is 9.80. The normalized spacial score (nSPS) is 13.9. The molecule has 2 unspecified atom stereocenters. The van der Waals surface area contributed by atoms with E-state index in [0.29, 0.717) is 12.4 Å². The number of aliphatic hydroxyl groups excluding tert-OH is 1. The van der Waals surface area contributed by atoms with Gasteiger partial charge in [-0.25, -0.2) is 0 Å². The van der Waals surface area contributed by atoms with E-state index in [-0.39, 0.29) is 18.4 Å². The van der Waals surface area contributed by atoms with Gasteiger partial charge < -0.3 is 15.6 Å². The summed E-state index contributed by atoms with van der Waals surface area (Å²) < 4.78 is 5.39. The minimum absolute atomic E-state index is 0. The third kappa shape index (κ3) is 3.70. The summed E-state index contributed by atoms with van der Waals surface area (Å²) in [6, 6.07) is 7.12. The van der Waals surface area contributed by atoms with Gasteiger partial charge in [-0.05, 0) is 19.9 Å². The molecule has 0 radical (unpaired) electrons. The lowest BCUT2D eigenvalue weighted by Crippen LogP contribution is -2.24. The predicted molar refractivity (Wildman–Crippen MR) is 63.5 cm³/mol. The molecule has 4 heteroatoms. The number of ether oxygens (including phenoxy) is 1. The van der Waals surface area contributed by atoms with Crippen LogP contribution in [0, 0.1) is 0 Å². The number of aliphatic hydroxyl groups is 1. The molecule has 0 spiro atoms. The monoisotopic (exact) mass is 231 g/mol. The van der Waals surface area contributed by atoms with Crippen LogP contribution in [0.4, 0.5) is 0 Å². The first-order chi connectivity index (χ1) is 6.66. The first kappa shape index (κ1) is 14.2. The van der Waals surface area contributed by atoms with Crippen LogP contribution in [0.25, 0.3) is 0 Å². The molecule has 0 aliphatic carbocycles. The molecular formula is C11H18ClNO2. The molecule has 0 aliphatic rings. The van der Waals surface area contributed by atoms with Crippen LogP contribution in [-0.4, -0.2) is 17.8 Å². The van der Waals surface area contributed by atoms with Crippen molar-refractivity contribution >= 4 is 12.4 Å². The summed E-state index contributed by atoms with van der Waals surface area (Å²) in [6.45, 7) is 4.27. The highest BCUT2D eigenvalue weighted by atomic mass is 35.5. The van der Waals surface area contributed by atoms with Crippen molar-refractivity contribution in [3.63, 3.8) is 0 Å². The standard InChI is InChI=1S/C11H17NO2.ClH/c1-3-14-10-7-5-4-6-9(10)11(13)8(2)12;/h4-8,11,13H,3,12H2,1-2H3;1H. The van der Waals surface area contributed by atoms with Crippen molar-refractivity contribution in [2.24, 2.45) is 5.73 Å². The highest BCUT2D eigenvalue weighted by molar-refractivity contribution is 5.85. The van der Waals surface area contributed by atoms with Crippen LogP contribution >= 0.6 is 12.4 Å². The second kappa shape index (κ2) is 6.67. The molecule has 0 fully saturated rings. The van der Waals surface area contributed by atoms with E-state index < -0.39 is 6.10 Å². The Balaban J connectivity index is 0.00000196. The van der Waals surface area contributed by atoms with Crippen LogP contribution in [0.1, 0.15) is 25.5 Å². The van der Waals surface area contributed by atoms with Gasteiger partial charge in [-0.1, -0.05) is 18.2 Å². The minimum Gasteiger partial charge on any atom is -0.493 e. The van der Waals surface area contributed by atoms with E-state index in [1.54, 1.807) is 6.92 Å². The quantitative estimate of drug-likeness (QED) is 0.832. The maximum Gasteiger partial charge on any atom is 0.125 e. The molecule has 1 aromatic carbocycles. The van der Waals surface area contributed by atoms with Gasteiger partial charge >= 0.3 is 0 Å². The summed E-state index contributed by atoms with van der Waals surface area (Å²) in [6.07, 6.45) is -0.669. The second-order valence-electron chi connectivity index (χ2n) is 3.27. The fourth-order valence-corrected chi connectivity index (χ4v) is 1.30. The van der Waals surface area contributed by atoms with E-state index in [2.05, 4.69) is 0 Å². The molecule has 86 valence electrons. The Kier molecular flexibility index (Phi) is 6.32. The molecule has 0 aromatic heterocycles. The smallest absolute Gasteiger partial charge is 0.125 e. The Morgan fingerprint density at radius 1 is 1.40 bits per heavy atom. The average Bonchev–Trinajstić information content (AvgIpc) is 2.18. The summed E-state index contributed by atoms with van der Waals surface area (Å²) in [7, 11) is 0.